The molecule has 1 amide bonds. The number of aliphatic hydroxyl groups excluding tert-OH is 3. The quantitative estimate of drug-likeness (QED) is 0.284. The molecule has 3 aliphatic rings. The predicted octanol–water partition coefficient (Wildman–Crippen LogP) is 0.217. The SMILES string of the molecule is NC(=O)C1=C(O)[C@@H](N)[C@@H]2[C@@H](O)[C@H]3C(=C(O)[C@]2(O)C1=O)C(=O)c1c(O)cccc1[C@@H]3c1ccc(F)cc1. The number of Topliss-reactive ketones (excluding diaryl/α,β-unsaturated/α-hetero) is 2. The number of benzene rings is 2. The molecule has 9 N–H and O–H groups in total. The highest BCUT2D eigenvalue weighted by atomic mass is 19.1. The lowest BCUT2D eigenvalue weighted by molar-refractivity contribution is -0.156. The Morgan fingerprint density at radius 3 is 2.28 bits per heavy atom. The summed E-state index contributed by atoms with van der Waals surface area (Å²) in [6.45, 7) is 0. The highest BCUT2D eigenvalue weighted by molar-refractivity contribution is 6.25. The van der Waals surface area contributed by atoms with Gasteiger partial charge in [-0.2, -0.15) is 0 Å². The summed E-state index contributed by atoms with van der Waals surface area (Å²) >= 11 is 0. The van der Waals surface area contributed by atoms with Gasteiger partial charge >= 0.3 is 0 Å². The Kier molecular flexibility index (Phi) is 5.08. The van der Waals surface area contributed by atoms with Crippen LogP contribution in [0.4, 0.5) is 4.39 Å². The number of aliphatic hydroxyl groups is 4. The van der Waals surface area contributed by atoms with Gasteiger partial charge in [0.1, 0.15) is 28.7 Å². The van der Waals surface area contributed by atoms with E-state index in [4.69, 9.17) is 11.5 Å². The van der Waals surface area contributed by atoms with Crippen LogP contribution in [-0.4, -0.2) is 60.8 Å². The number of halogens is 1. The lowest BCUT2D eigenvalue weighted by Crippen LogP contribution is -2.68. The number of nitrogens with two attached hydrogens (primary N) is 2. The highest BCUT2D eigenvalue weighted by Crippen LogP contribution is 2.56. The van der Waals surface area contributed by atoms with E-state index in [0.29, 0.717) is 5.56 Å². The maximum absolute atomic E-state index is 13.7. The van der Waals surface area contributed by atoms with Crippen molar-refractivity contribution in [3.63, 3.8) is 0 Å². The van der Waals surface area contributed by atoms with Gasteiger partial charge < -0.3 is 37.0 Å². The van der Waals surface area contributed by atoms with E-state index in [0.717, 1.165) is 12.1 Å². The van der Waals surface area contributed by atoms with Gasteiger partial charge in [0.05, 0.1) is 23.6 Å². The minimum atomic E-state index is -3.08. The third-order valence-corrected chi connectivity index (χ3v) is 7.42. The van der Waals surface area contributed by atoms with E-state index in [-0.39, 0.29) is 11.1 Å². The molecule has 0 radical (unpaired) electrons. The second-order valence-electron chi connectivity index (χ2n) is 9.15. The van der Waals surface area contributed by atoms with Crippen LogP contribution < -0.4 is 11.5 Å². The van der Waals surface area contributed by atoms with Crippen LogP contribution in [0.2, 0.25) is 0 Å². The molecule has 0 fully saturated rings. The normalized spacial score (nSPS) is 31.6. The summed E-state index contributed by atoms with van der Waals surface area (Å²) in [5.74, 6) is -11.2. The summed E-state index contributed by atoms with van der Waals surface area (Å²) in [5.41, 5.74) is 6.87. The smallest absolute Gasteiger partial charge is 0.255 e. The molecule has 186 valence electrons. The van der Waals surface area contributed by atoms with Crippen molar-refractivity contribution in [1.82, 2.24) is 0 Å². The number of carbonyl (C=O) groups is 3. The molecular formula is C25H21FN2O8. The van der Waals surface area contributed by atoms with E-state index >= 15 is 0 Å². The minimum absolute atomic E-state index is 0.242. The first-order valence-electron chi connectivity index (χ1n) is 10.9. The molecule has 10 nitrogen and oxygen atoms in total. The molecule has 3 aliphatic carbocycles. The number of amides is 1. The van der Waals surface area contributed by atoms with Crippen molar-refractivity contribution in [2.75, 3.05) is 0 Å². The van der Waals surface area contributed by atoms with E-state index in [1.54, 1.807) is 0 Å². The highest BCUT2D eigenvalue weighted by Gasteiger charge is 2.66. The van der Waals surface area contributed by atoms with Crippen molar-refractivity contribution in [2.24, 2.45) is 23.3 Å². The monoisotopic (exact) mass is 496 g/mol. The lowest BCUT2D eigenvalue weighted by atomic mass is 9.54. The van der Waals surface area contributed by atoms with Gasteiger partial charge in [0.2, 0.25) is 5.78 Å². The summed E-state index contributed by atoms with van der Waals surface area (Å²) in [7, 11) is 0. The number of phenolic OH excluding ortho intramolecular Hbond substituents is 1. The first kappa shape index (κ1) is 23.7. The van der Waals surface area contributed by atoms with Gasteiger partial charge in [-0.15, -0.1) is 0 Å². The Morgan fingerprint density at radius 1 is 1.03 bits per heavy atom. The Hall–Kier alpha value is -4.06. The Morgan fingerprint density at radius 2 is 1.67 bits per heavy atom. The Bertz CT molecular complexity index is 1420. The molecule has 0 saturated heterocycles. The van der Waals surface area contributed by atoms with Gasteiger partial charge in [-0.05, 0) is 29.3 Å². The third kappa shape index (κ3) is 2.84. The molecule has 0 heterocycles. The van der Waals surface area contributed by atoms with Crippen LogP contribution in [0.1, 0.15) is 27.4 Å². The molecular weight excluding hydrogens is 475 g/mol. The number of rotatable bonds is 2. The van der Waals surface area contributed by atoms with E-state index in [2.05, 4.69) is 0 Å². The first-order valence-corrected chi connectivity index (χ1v) is 10.9. The number of carbonyl (C=O) groups excluding carboxylic acids is 3. The summed E-state index contributed by atoms with van der Waals surface area (Å²) in [5, 5.41) is 55.2. The number of aromatic hydroxyl groups is 1. The summed E-state index contributed by atoms with van der Waals surface area (Å²) < 4.78 is 13.7. The fraction of sp³-hybridized carbons (Fsp3) is 0.240. The molecule has 11 heteroatoms. The average Bonchev–Trinajstić information content (AvgIpc) is 2.82. The van der Waals surface area contributed by atoms with Crippen LogP contribution in [0.3, 0.4) is 0 Å². The molecule has 2 aromatic rings. The molecule has 36 heavy (non-hydrogen) atoms. The number of hydrogen-bond donors (Lipinski definition) is 7. The molecule has 6 atom stereocenters. The number of hydrogen-bond acceptors (Lipinski definition) is 9. The third-order valence-electron chi connectivity index (χ3n) is 7.42. The van der Waals surface area contributed by atoms with Gasteiger partial charge in [0.25, 0.3) is 5.91 Å². The van der Waals surface area contributed by atoms with Crippen LogP contribution in [0.5, 0.6) is 5.75 Å². The predicted molar refractivity (Wildman–Crippen MR) is 120 cm³/mol. The Balaban J connectivity index is 1.85. The largest absolute Gasteiger partial charge is 0.510 e. The van der Waals surface area contributed by atoms with Gasteiger partial charge in [-0.25, -0.2) is 4.39 Å². The molecule has 0 spiro atoms. The average molecular weight is 496 g/mol. The van der Waals surface area contributed by atoms with Crippen molar-refractivity contribution in [3.8, 4) is 5.75 Å². The van der Waals surface area contributed by atoms with E-state index < -0.39 is 87.2 Å². The molecule has 0 aliphatic heterocycles. The van der Waals surface area contributed by atoms with Crippen LogP contribution in [-0.2, 0) is 9.59 Å². The molecule has 0 saturated carbocycles. The van der Waals surface area contributed by atoms with E-state index in [9.17, 15) is 44.3 Å². The van der Waals surface area contributed by atoms with E-state index in [1.165, 1.54) is 30.3 Å². The van der Waals surface area contributed by atoms with Crippen LogP contribution in [0, 0.1) is 17.7 Å². The van der Waals surface area contributed by atoms with E-state index in [1.807, 2.05) is 0 Å². The fourth-order valence-electron chi connectivity index (χ4n) is 5.85. The zero-order chi connectivity index (χ0) is 26.3. The second-order valence-corrected chi connectivity index (χ2v) is 9.15. The van der Waals surface area contributed by atoms with Crippen LogP contribution >= 0.6 is 0 Å². The number of ketones is 2. The second kappa shape index (κ2) is 7.72. The first-order chi connectivity index (χ1) is 16.9. The lowest BCUT2D eigenvalue weighted by Gasteiger charge is -2.52. The van der Waals surface area contributed by atoms with Crippen molar-refractivity contribution >= 4 is 17.5 Å². The molecule has 0 unspecified atom stereocenters. The van der Waals surface area contributed by atoms with Crippen molar-refractivity contribution in [2.45, 2.75) is 23.7 Å². The van der Waals surface area contributed by atoms with Crippen LogP contribution in [0.25, 0.3) is 0 Å². The number of fused-ring (bicyclic) bond motifs is 3. The fourth-order valence-corrected chi connectivity index (χ4v) is 5.85. The zero-order valence-electron chi connectivity index (χ0n) is 18.4. The standard InChI is InChI=1S/C25H21FN2O8/c26-9-6-4-8(5-7-9)12-10-2-1-3-11(29)13(10)19(30)15-14(12)20(31)17-18(27)21(32)16(24(28)35)23(34)25(17,36)22(15)33/h1-7,12,14,17-18,20,29,31-33,36H,27H2,(H2,28,35)/t12-,14+,17+,18-,20-,25-/m0/s1. The molecule has 5 rings (SSSR count). The van der Waals surface area contributed by atoms with Gasteiger partial charge in [-0.1, -0.05) is 24.3 Å². The number of phenols is 1. The number of primary amides is 1. The van der Waals surface area contributed by atoms with Gasteiger partial charge in [-0.3, -0.25) is 14.4 Å². The van der Waals surface area contributed by atoms with Crippen molar-refractivity contribution in [3.05, 3.63) is 87.6 Å². The minimum Gasteiger partial charge on any atom is -0.510 e. The molecule has 2 aromatic carbocycles. The van der Waals surface area contributed by atoms with Crippen LogP contribution in [0.15, 0.2) is 65.1 Å². The molecule has 0 bridgehead atoms. The summed E-state index contributed by atoms with van der Waals surface area (Å²) in [6.07, 6.45) is -1.84. The van der Waals surface area contributed by atoms with Crippen molar-refractivity contribution in [1.29, 1.82) is 0 Å². The van der Waals surface area contributed by atoms with Gasteiger partial charge in [0, 0.05) is 17.4 Å². The summed E-state index contributed by atoms with van der Waals surface area (Å²) in [4.78, 5) is 38.6. The van der Waals surface area contributed by atoms with Crippen molar-refractivity contribution < 1.29 is 44.3 Å². The summed E-state index contributed by atoms with van der Waals surface area (Å²) in [6, 6.07) is 7.53. The topological polar surface area (TPSA) is 204 Å². The zero-order valence-corrected chi connectivity index (χ0v) is 18.4. The maximum atomic E-state index is 13.7. The maximum Gasteiger partial charge on any atom is 0.255 e. The molecule has 0 aromatic heterocycles. The Labute approximate surface area is 202 Å². The van der Waals surface area contributed by atoms with Gasteiger partial charge in [0.15, 0.2) is 11.4 Å².